The quantitative estimate of drug-likeness (QED) is 0.139. The standard InChI is InChI=1S/C25H40N4O4S/c1-18(27-28-26)23(30)33-22-16-19-14-15-25(22,24(19,2)3)17-34(31,32)29(20-10-6-4-7-11-20)21-12-8-5-9-13-21/h19-22H,1,4-17H2,2-3H3/t19-,22-,25-/m1/s1. The highest BCUT2D eigenvalue weighted by atomic mass is 32.2. The van der Waals surface area contributed by atoms with E-state index in [9.17, 15) is 13.2 Å². The fourth-order valence-electron chi connectivity index (χ4n) is 7.62. The molecule has 34 heavy (non-hydrogen) atoms. The van der Waals surface area contributed by atoms with Crippen LogP contribution in [0.4, 0.5) is 0 Å². The summed E-state index contributed by atoms with van der Waals surface area (Å²) in [6.45, 7) is 7.79. The largest absolute Gasteiger partial charge is 0.458 e. The van der Waals surface area contributed by atoms with Crippen molar-refractivity contribution in [2.24, 2.45) is 21.9 Å². The molecule has 9 heteroatoms. The highest BCUT2D eigenvalue weighted by Gasteiger charge is 2.67. The number of azide groups is 1. The lowest BCUT2D eigenvalue weighted by molar-refractivity contribution is -0.151. The summed E-state index contributed by atoms with van der Waals surface area (Å²) in [6.07, 6.45) is 12.3. The van der Waals surface area contributed by atoms with Crippen LogP contribution in [-0.2, 0) is 19.6 Å². The lowest BCUT2D eigenvalue weighted by Crippen LogP contribution is -2.54. The average molecular weight is 493 g/mol. The van der Waals surface area contributed by atoms with Crippen LogP contribution < -0.4 is 0 Å². The lowest BCUT2D eigenvalue weighted by atomic mass is 9.69. The summed E-state index contributed by atoms with van der Waals surface area (Å²) >= 11 is 0. The maximum atomic E-state index is 14.3. The van der Waals surface area contributed by atoms with E-state index in [-0.39, 0.29) is 28.9 Å². The minimum atomic E-state index is -3.58. The monoisotopic (exact) mass is 492 g/mol. The molecular formula is C25H40N4O4S. The third-order valence-corrected chi connectivity index (χ3v) is 11.8. The van der Waals surface area contributed by atoms with Crippen molar-refractivity contribution >= 4 is 16.0 Å². The summed E-state index contributed by atoms with van der Waals surface area (Å²) in [4.78, 5) is 15.2. The Morgan fingerprint density at radius 3 is 2.12 bits per heavy atom. The van der Waals surface area contributed by atoms with E-state index in [2.05, 4.69) is 30.5 Å². The van der Waals surface area contributed by atoms with Gasteiger partial charge in [0.2, 0.25) is 10.0 Å². The van der Waals surface area contributed by atoms with Crippen LogP contribution in [0.1, 0.15) is 97.3 Å². The number of nitrogens with zero attached hydrogens (tertiary/aromatic N) is 4. The Morgan fingerprint density at radius 1 is 1.06 bits per heavy atom. The molecule has 3 atom stereocenters. The van der Waals surface area contributed by atoms with Crippen molar-refractivity contribution in [1.29, 1.82) is 0 Å². The summed E-state index contributed by atoms with van der Waals surface area (Å²) in [5, 5.41) is 3.30. The molecular weight excluding hydrogens is 452 g/mol. The van der Waals surface area contributed by atoms with Gasteiger partial charge in [-0.15, -0.1) is 0 Å². The van der Waals surface area contributed by atoms with E-state index in [1.165, 1.54) is 12.8 Å². The third-order valence-electron chi connectivity index (χ3n) is 9.64. The smallest absolute Gasteiger partial charge is 0.340 e. The Hall–Kier alpha value is -1.57. The van der Waals surface area contributed by atoms with Gasteiger partial charge in [-0.3, -0.25) is 0 Å². The fourth-order valence-corrected chi connectivity index (χ4v) is 10.5. The average Bonchev–Trinajstić information content (AvgIpc) is 3.15. The third kappa shape index (κ3) is 4.51. The van der Waals surface area contributed by atoms with Crippen LogP contribution in [0.15, 0.2) is 17.4 Å². The van der Waals surface area contributed by atoms with E-state index in [1.54, 1.807) is 0 Å². The van der Waals surface area contributed by atoms with Gasteiger partial charge in [0.25, 0.3) is 0 Å². The molecule has 0 amide bonds. The normalized spacial score (nSPS) is 31.9. The van der Waals surface area contributed by atoms with Crippen LogP contribution in [0.3, 0.4) is 0 Å². The van der Waals surface area contributed by atoms with Crippen molar-refractivity contribution in [2.45, 2.75) is 116 Å². The number of rotatable bonds is 8. The second-order valence-corrected chi connectivity index (χ2v) is 13.4. The molecule has 0 aliphatic heterocycles. The highest BCUT2D eigenvalue weighted by molar-refractivity contribution is 7.89. The summed E-state index contributed by atoms with van der Waals surface area (Å²) in [5.74, 6) is -0.437. The summed E-state index contributed by atoms with van der Waals surface area (Å²) in [7, 11) is -3.58. The van der Waals surface area contributed by atoms with E-state index in [4.69, 9.17) is 10.3 Å². The molecule has 0 spiro atoms. The van der Waals surface area contributed by atoms with Crippen LogP contribution in [0.2, 0.25) is 0 Å². The summed E-state index contributed by atoms with van der Waals surface area (Å²) in [5.41, 5.74) is 7.45. The Kier molecular flexibility index (Phi) is 7.37. The predicted molar refractivity (Wildman–Crippen MR) is 131 cm³/mol. The Labute approximate surface area is 204 Å². The fraction of sp³-hybridized carbons (Fsp3) is 0.880. The van der Waals surface area contributed by atoms with Gasteiger partial charge in [-0.25, -0.2) is 13.2 Å². The molecule has 4 saturated carbocycles. The van der Waals surface area contributed by atoms with E-state index < -0.39 is 27.5 Å². The minimum absolute atomic E-state index is 0.0163. The molecule has 4 fully saturated rings. The van der Waals surface area contributed by atoms with Gasteiger partial charge in [-0.05, 0) is 61.8 Å². The number of fused-ring (bicyclic) bond motifs is 2. The molecule has 0 aromatic heterocycles. The van der Waals surface area contributed by atoms with E-state index in [1.807, 2.05) is 4.31 Å². The van der Waals surface area contributed by atoms with Gasteiger partial charge in [0.15, 0.2) is 0 Å². The molecule has 0 unspecified atom stereocenters. The summed E-state index contributed by atoms with van der Waals surface area (Å²) < 4.78 is 36.4. The molecule has 4 aliphatic carbocycles. The number of hydrogen-bond donors (Lipinski definition) is 0. The Bertz CT molecular complexity index is 928. The van der Waals surface area contributed by atoms with Crippen molar-refractivity contribution in [3.8, 4) is 0 Å². The van der Waals surface area contributed by atoms with Gasteiger partial charge in [-0.2, -0.15) is 4.31 Å². The number of ether oxygens (including phenoxy) is 1. The first kappa shape index (κ1) is 25.5. The molecule has 0 N–H and O–H groups in total. The van der Waals surface area contributed by atoms with Crippen molar-refractivity contribution in [3.63, 3.8) is 0 Å². The van der Waals surface area contributed by atoms with E-state index in [0.29, 0.717) is 12.3 Å². The van der Waals surface area contributed by atoms with Gasteiger partial charge in [0.1, 0.15) is 11.8 Å². The van der Waals surface area contributed by atoms with Crippen LogP contribution in [-0.4, -0.2) is 42.6 Å². The second kappa shape index (κ2) is 9.82. The molecule has 0 aromatic carbocycles. The molecule has 4 rings (SSSR count). The summed E-state index contributed by atoms with van der Waals surface area (Å²) in [6, 6.07) is 0.177. The van der Waals surface area contributed by atoms with Crippen LogP contribution >= 0.6 is 0 Å². The zero-order valence-corrected chi connectivity index (χ0v) is 21.6. The number of carbonyl (C=O) groups is 1. The minimum Gasteiger partial charge on any atom is -0.458 e. The van der Waals surface area contributed by atoms with Crippen molar-refractivity contribution in [1.82, 2.24) is 4.31 Å². The molecule has 0 radical (unpaired) electrons. The molecule has 0 saturated heterocycles. The Morgan fingerprint density at radius 2 is 1.62 bits per heavy atom. The van der Waals surface area contributed by atoms with E-state index >= 15 is 0 Å². The second-order valence-electron chi connectivity index (χ2n) is 11.5. The van der Waals surface area contributed by atoms with Crippen molar-refractivity contribution in [3.05, 3.63) is 22.7 Å². The zero-order chi connectivity index (χ0) is 24.6. The van der Waals surface area contributed by atoms with Gasteiger partial charge >= 0.3 is 5.97 Å². The maximum Gasteiger partial charge on any atom is 0.340 e. The Balaban J connectivity index is 1.64. The zero-order valence-electron chi connectivity index (χ0n) is 20.7. The molecule has 2 bridgehead atoms. The highest BCUT2D eigenvalue weighted by Crippen LogP contribution is 2.67. The molecule has 0 heterocycles. The maximum absolute atomic E-state index is 14.3. The number of sulfonamides is 1. The molecule has 4 aliphatic rings. The van der Waals surface area contributed by atoms with E-state index in [0.717, 1.165) is 64.2 Å². The van der Waals surface area contributed by atoms with Gasteiger partial charge in [0, 0.05) is 22.4 Å². The first-order valence-corrected chi connectivity index (χ1v) is 14.7. The van der Waals surface area contributed by atoms with Gasteiger partial charge in [0.05, 0.1) is 5.75 Å². The lowest BCUT2D eigenvalue weighted by Gasteiger charge is -2.46. The SMILES string of the molecule is C=C(N=[N+]=[N-])C(=O)O[C@@H]1C[C@H]2CC[C@]1(CS(=O)(=O)N(C1CCCCC1)C1CCCCC1)C2(C)C. The molecule has 8 nitrogen and oxygen atoms in total. The first-order chi connectivity index (χ1) is 16.1. The number of esters is 1. The van der Waals surface area contributed by atoms with Crippen molar-refractivity contribution in [2.75, 3.05) is 5.75 Å². The van der Waals surface area contributed by atoms with Crippen molar-refractivity contribution < 1.29 is 17.9 Å². The molecule has 190 valence electrons. The predicted octanol–water partition coefficient (Wildman–Crippen LogP) is 5.85. The molecule has 0 aromatic rings. The van der Waals surface area contributed by atoms with Gasteiger partial charge in [-0.1, -0.05) is 64.1 Å². The van der Waals surface area contributed by atoms with Crippen LogP contribution in [0.25, 0.3) is 10.4 Å². The number of hydrogen-bond acceptors (Lipinski definition) is 5. The topological polar surface area (TPSA) is 112 Å². The van der Waals surface area contributed by atoms with Crippen LogP contribution in [0, 0.1) is 16.7 Å². The number of carbonyl (C=O) groups excluding carboxylic acids is 1. The van der Waals surface area contributed by atoms with Gasteiger partial charge < -0.3 is 4.74 Å². The van der Waals surface area contributed by atoms with Crippen LogP contribution in [0.5, 0.6) is 0 Å². The first-order valence-electron chi connectivity index (χ1n) is 13.1.